The molecule has 1 aliphatic rings. The van der Waals surface area contributed by atoms with Crippen molar-refractivity contribution in [3.05, 3.63) is 87.5 Å². The summed E-state index contributed by atoms with van der Waals surface area (Å²) >= 11 is 6.35. The number of amides is 1. The fraction of sp³-hybridized carbons (Fsp3) is 0.167. The Bertz CT molecular complexity index is 1370. The van der Waals surface area contributed by atoms with Crippen LogP contribution >= 0.6 is 11.6 Å². The lowest BCUT2D eigenvalue weighted by Gasteiger charge is -2.38. The molecule has 0 spiro atoms. The summed E-state index contributed by atoms with van der Waals surface area (Å²) in [7, 11) is 0. The Hall–Kier alpha value is -3.91. The Labute approximate surface area is 206 Å². The van der Waals surface area contributed by atoms with E-state index in [2.05, 4.69) is 5.32 Å². The van der Waals surface area contributed by atoms with Gasteiger partial charge in [-0.15, -0.1) is 0 Å². The molecular formula is C24H15ClF6N4O. The summed E-state index contributed by atoms with van der Waals surface area (Å²) in [6.45, 7) is 0.207. The van der Waals surface area contributed by atoms with E-state index in [1.165, 1.54) is 24.3 Å². The largest absolute Gasteiger partial charge is 0.367 e. The van der Waals surface area contributed by atoms with E-state index in [1.54, 1.807) is 17.0 Å². The molecule has 12 heteroatoms. The Morgan fingerprint density at radius 3 is 1.97 bits per heavy atom. The average Bonchev–Trinajstić information content (AvgIpc) is 2.87. The van der Waals surface area contributed by atoms with Crippen molar-refractivity contribution in [3.63, 3.8) is 0 Å². The maximum atomic E-state index is 14.1. The number of nitriles is 1. The van der Waals surface area contributed by atoms with Crippen LogP contribution in [0.25, 0.3) is 0 Å². The van der Waals surface area contributed by atoms with Gasteiger partial charge in [-0.3, -0.25) is 4.79 Å². The van der Waals surface area contributed by atoms with E-state index in [0.717, 1.165) is 11.0 Å². The van der Waals surface area contributed by atoms with Gasteiger partial charge in [-0.1, -0.05) is 11.6 Å². The number of hydrogen-bond donors (Lipinski definition) is 1. The number of benzene rings is 3. The van der Waals surface area contributed by atoms with Gasteiger partial charge >= 0.3 is 0 Å². The minimum absolute atomic E-state index is 0.0505. The number of nitrogens with one attached hydrogen (secondary N) is 1. The zero-order chi connectivity index (χ0) is 26.1. The number of piperazine rings is 1. The summed E-state index contributed by atoms with van der Waals surface area (Å²) in [6, 6.07) is 9.71. The van der Waals surface area contributed by atoms with Crippen LogP contribution in [0.15, 0.2) is 36.4 Å². The van der Waals surface area contributed by atoms with Gasteiger partial charge in [-0.05, 0) is 36.4 Å². The van der Waals surface area contributed by atoms with Crippen LogP contribution in [-0.2, 0) is 0 Å². The first-order valence-corrected chi connectivity index (χ1v) is 10.8. The van der Waals surface area contributed by atoms with Gasteiger partial charge in [0.1, 0.15) is 11.5 Å². The third-order valence-electron chi connectivity index (χ3n) is 5.67. The molecule has 0 atom stereocenters. The van der Waals surface area contributed by atoms with Crippen molar-refractivity contribution in [3.8, 4) is 6.07 Å². The molecule has 3 aromatic carbocycles. The summed E-state index contributed by atoms with van der Waals surface area (Å²) in [5.74, 6) is -11.6. The number of halogens is 7. The van der Waals surface area contributed by atoms with Crippen LogP contribution in [-0.4, -0.2) is 32.1 Å². The topological polar surface area (TPSA) is 59.4 Å². The molecule has 4 rings (SSSR count). The number of nitrogens with zero attached hydrogens (tertiary/aromatic N) is 3. The molecule has 1 amide bonds. The van der Waals surface area contributed by atoms with Crippen LogP contribution in [0.5, 0.6) is 0 Å². The van der Waals surface area contributed by atoms with E-state index in [1.807, 2.05) is 0 Å². The predicted molar refractivity (Wildman–Crippen MR) is 121 cm³/mol. The van der Waals surface area contributed by atoms with Gasteiger partial charge in [0.25, 0.3) is 5.91 Å². The Kier molecular flexibility index (Phi) is 6.99. The van der Waals surface area contributed by atoms with E-state index in [-0.39, 0.29) is 48.0 Å². The summed E-state index contributed by atoms with van der Waals surface area (Å²) in [5.41, 5.74) is -0.408. The number of hydrogen-bond acceptors (Lipinski definition) is 4. The smallest absolute Gasteiger partial charge is 0.258 e. The van der Waals surface area contributed by atoms with Crippen molar-refractivity contribution in [2.24, 2.45) is 0 Å². The minimum atomic E-state index is -2.21. The second kappa shape index (κ2) is 9.99. The number of rotatable bonds is 4. The second-order valence-electron chi connectivity index (χ2n) is 7.82. The molecule has 1 N–H and O–H groups in total. The number of carbonyl (C=O) groups excluding carboxylic acids is 1. The summed E-state index contributed by atoms with van der Waals surface area (Å²) in [5, 5.41) is 11.5. The molecule has 0 unspecified atom stereocenters. The van der Waals surface area contributed by atoms with Crippen LogP contribution in [0.1, 0.15) is 15.9 Å². The van der Waals surface area contributed by atoms with Gasteiger partial charge in [-0.25, -0.2) is 26.3 Å². The first-order valence-electron chi connectivity index (χ1n) is 10.4. The predicted octanol–water partition coefficient (Wildman–Crippen LogP) is 5.63. The van der Waals surface area contributed by atoms with Gasteiger partial charge in [0.2, 0.25) is 5.82 Å². The fourth-order valence-corrected chi connectivity index (χ4v) is 4.15. The molecular weight excluding hydrogens is 510 g/mol. The highest BCUT2D eigenvalue weighted by atomic mass is 35.5. The zero-order valence-corrected chi connectivity index (χ0v) is 18.9. The molecule has 0 radical (unpaired) electrons. The molecule has 0 aromatic heterocycles. The van der Waals surface area contributed by atoms with Gasteiger partial charge in [-0.2, -0.15) is 5.26 Å². The lowest BCUT2D eigenvalue weighted by Crippen LogP contribution is -2.47. The van der Waals surface area contributed by atoms with Crippen molar-refractivity contribution in [1.82, 2.24) is 0 Å². The third kappa shape index (κ3) is 4.64. The Morgan fingerprint density at radius 1 is 0.833 bits per heavy atom. The molecule has 1 fully saturated rings. The highest BCUT2D eigenvalue weighted by Gasteiger charge is 2.31. The zero-order valence-electron chi connectivity index (χ0n) is 18.2. The van der Waals surface area contributed by atoms with E-state index < -0.39 is 46.5 Å². The van der Waals surface area contributed by atoms with Crippen molar-refractivity contribution in [1.29, 1.82) is 5.26 Å². The summed E-state index contributed by atoms with van der Waals surface area (Å²) in [4.78, 5) is 15.2. The molecule has 1 saturated heterocycles. The normalized spacial score (nSPS) is 13.5. The van der Waals surface area contributed by atoms with Crippen molar-refractivity contribution in [2.75, 3.05) is 41.3 Å². The van der Waals surface area contributed by atoms with Gasteiger partial charge in [0, 0.05) is 31.9 Å². The van der Waals surface area contributed by atoms with Crippen LogP contribution in [0.2, 0.25) is 5.02 Å². The second-order valence-corrected chi connectivity index (χ2v) is 8.23. The molecule has 0 aliphatic carbocycles. The number of anilines is 3. The van der Waals surface area contributed by atoms with E-state index in [9.17, 15) is 31.1 Å². The van der Waals surface area contributed by atoms with E-state index >= 15 is 0 Å². The van der Waals surface area contributed by atoms with Crippen molar-refractivity contribution < 1.29 is 31.1 Å². The molecule has 1 aliphatic heterocycles. The third-order valence-corrected chi connectivity index (χ3v) is 5.97. The van der Waals surface area contributed by atoms with Crippen LogP contribution in [0, 0.1) is 46.2 Å². The Balaban J connectivity index is 1.46. The van der Waals surface area contributed by atoms with E-state index in [4.69, 9.17) is 16.9 Å². The highest BCUT2D eigenvalue weighted by Crippen LogP contribution is 2.33. The van der Waals surface area contributed by atoms with Crippen molar-refractivity contribution >= 4 is 34.6 Å². The van der Waals surface area contributed by atoms with E-state index in [0.29, 0.717) is 5.69 Å². The highest BCUT2D eigenvalue weighted by molar-refractivity contribution is 6.33. The van der Waals surface area contributed by atoms with Gasteiger partial charge in [0.05, 0.1) is 27.9 Å². The molecule has 1 heterocycles. The monoisotopic (exact) mass is 524 g/mol. The SMILES string of the molecule is N#Cc1ccc(C(=O)Nc2ccc(N3CCN(c4c(F)c(F)c(F)c(F)c4F)CC3)c(Cl)c2)c(F)c1. The van der Waals surface area contributed by atoms with Gasteiger partial charge in [0.15, 0.2) is 23.3 Å². The standard InChI is InChI=1S/C24H15ClF6N4O/c25-15-10-13(33-24(36)14-3-1-12(11-32)9-16(14)26)2-4-17(15)34-5-7-35(8-6-34)23-21(30)19(28)18(27)20(29)22(23)31/h1-4,9-10H,5-8H2,(H,33,36). The molecule has 186 valence electrons. The van der Waals surface area contributed by atoms with Gasteiger partial charge < -0.3 is 15.1 Å². The number of carbonyl (C=O) groups is 1. The molecule has 3 aromatic rings. The first kappa shape index (κ1) is 25.2. The maximum absolute atomic E-state index is 14.1. The summed E-state index contributed by atoms with van der Waals surface area (Å²) in [6.07, 6.45) is 0. The Morgan fingerprint density at radius 2 is 1.42 bits per heavy atom. The van der Waals surface area contributed by atoms with Crippen LogP contribution in [0.3, 0.4) is 0 Å². The molecule has 36 heavy (non-hydrogen) atoms. The average molecular weight is 525 g/mol. The maximum Gasteiger partial charge on any atom is 0.258 e. The summed E-state index contributed by atoms with van der Waals surface area (Å²) < 4.78 is 82.8. The van der Waals surface area contributed by atoms with Crippen LogP contribution < -0.4 is 15.1 Å². The molecule has 5 nitrogen and oxygen atoms in total. The fourth-order valence-electron chi connectivity index (χ4n) is 3.85. The van der Waals surface area contributed by atoms with Crippen molar-refractivity contribution in [2.45, 2.75) is 0 Å². The molecule has 0 saturated carbocycles. The van der Waals surface area contributed by atoms with Crippen LogP contribution in [0.4, 0.5) is 43.4 Å². The lowest BCUT2D eigenvalue weighted by atomic mass is 10.1. The minimum Gasteiger partial charge on any atom is -0.367 e. The quantitative estimate of drug-likeness (QED) is 0.273. The first-order chi connectivity index (χ1) is 17.1. The molecule has 0 bridgehead atoms. The lowest BCUT2D eigenvalue weighted by molar-refractivity contribution is 0.102.